The van der Waals surface area contributed by atoms with Crippen LogP contribution in [0.1, 0.15) is 27.7 Å². The molecule has 1 aromatic rings. The van der Waals surface area contributed by atoms with Crippen LogP contribution in [0.2, 0.25) is 0 Å². The molecule has 0 saturated carbocycles. The molecule has 1 saturated heterocycles. The van der Waals surface area contributed by atoms with E-state index in [2.05, 4.69) is 10.3 Å². The molecular formula is C14H20BN3O2. The van der Waals surface area contributed by atoms with Gasteiger partial charge in [0, 0.05) is 36.0 Å². The van der Waals surface area contributed by atoms with Gasteiger partial charge < -0.3 is 20.0 Å². The summed E-state index contributed by atoms with van der Waals surface area (Å²) in [7, 11) is -0.535. The van der Waals surface area contributed by atoms with Gasteiger partial charge in [-0.15, -0.1) is 0 Å². The van der Waals surface area contributed by atoms with Gasteiger partial charge in [-0.05, 0) is 39.8 Å². The van der Waals surface area contributed by atoms with E-state index in [0.717, 1.165) is 5.69 Å². The molecule has 0 aliphatic carbocycles. The number of nitrogens with zero attached hydrogens (tertiary/aromatic N) is 1. The quantitative estimate of drug-likeness (QED) is 0.653. The molecular weight excluding hydrogens is 253 g/mol. The Kier molecular flexibility index (Phi) is 3.97. The summed E-state index contributed by atoms with van der Waals surface area (Å²) in [5, 5.41) is 10.7. The van der Waals surface area contributed by atoms with E-state index in [9.17, 15) is 0 Å². The number of rotatable bonds is 4. The van der Waals surface area contributed by atoms with Crippen molar-refractivity contribution >= 4 is 19.0 Å². The zero-order valence-electron chi connectivity index (χ0n) is 12.3. The lowest BCUT2D eigenvalue weighted by atomic mass is 9.79. The number of anilines is 1. The SMILES string of the molecule is CC1(C)OB(/C(C=N)=C/Nc2ccncc2)OC1(C)C. The van der Waals surface area contributed by atoms with E-state index in [4.69, 9.17) is 14.7 Å². The summed E-state index contributed by atoms with van der Waals surface area (Å²) in [6.45, 7) is 7.96. The average molecular weight is 273 g/mol. The highest BCUT2D eigenvalue weighted by molar-refractivity contribution is 6.60. The lowest BCUT2D eigenvalue weighted by Crippen LogP contribution is -2.41. The largest absolute Gasteiger partial charge is 0.497 e. The molecule has 5 nitrogen and oxygen atoms in total. The Labute approximate surface area is 120 Å². The van der Waals surface area contributed by atoms with Crippen molar-refractivity contribution in [2.45, 2.75) is 38.9 Å². The van der Waals surface area contributed by atoms with Crippen LogP contribution in [-0.2, 0) is 9.31 Å². The van der Waals surface area contributed by atoms with Crippen LogP contribution in [0, 0.1) is 5.41 Å². The molecule has 1 aliphatic rings. The number of allylic oxidation sites excluding steroid dienone is 1. The third kappa shape index (κ3) is 2.91. The molecule has 0 atom stereocenters. The summed E-state index contributed by atoms with van der Waals surface area (Å²) >= 11 is 0. The Morgan fingerprint density at radius 3 is 2.25 bits per heavy atom. The summed E-state index contributed by atoms with van der Waals surface area (Å²) in [5.74, 6) is 0. The molecule has 1 aliphatic heterocycles. The zero-order valence-corrected chi connectivity index (χ0v) is 12.3. The van der Waals surface area contributed by atoms with Crippen molar-refractivity contribution in [3.63, 3.8) is 0 Å². The fourth-order valence-electron chi connectivity index (χ4n) is 1.77. The highest BCUT2D eigenvalue weighted by Gasteiger charge is 2.52. The molecule has 0 unspecified atom stereocenters. The van der Waals surface area contributed by atoms with Crippen LogP contribution >= 0.6 is 0 Å². The molecule has 0 spiro atoms. The van der Waals surface area contributed by atoms with Crippen molar-refractivity contribution in [3.8, 4) is 0 Å². The van der Waals surface area contributed by atoms with Crippen molar-refractivity contribution in [2.75, 3.05) is 5.32 Å². The second-order valence-corrected chi connectivity index (χ2v) is 5.76. The molecule has 20 heavy (non-hydrogen) atoms. The Bertz CT molecular complexity index is 498. The predicted molar refractivity (Wildman–Crippen MR) is 80.8 cm³/mol. The normalized spacial score (nSPS) is 20.8. The molecule has 6 heteroatoms. The van der Waals surface area contributed by atoms with E-state index in [1.807, 2.05) is 39.8 Å². The maximum atomic E-state index is 7.54. The Hall–Kier alpha value is -1.66. The fourth-order valence-corrected chi connectivity index (χ4v) is 1.77. The number of hydrogen-bond acceptors (Lipinski definition) is 5. The van der Waals surface area contributed by atoms with E-state index in [1.54, 1.807) is 18.6 Å². The topological polar surface area (TPSA) is 67.2 Å². The first-order valence-corrected chi connectivity index (χ1v) is 6.58. The fraction of sp³-hybridized carbons (Fsp3) is 0.429. The molecule has 0 aromatic carbocycles. The second kappa shape index (κ2) is 5.38. The standard InChI is InChI=1S/C14H20BN3O2/c1-13(2)14(3,4)20-15(19-13)11(9-16)10-18-12-5-7-17-8-6-12/h5-10,16H,1-4H3,(H,17,18)/b11-10+,16-9?. The van der Waals surface area contributed by atoms with Gasteiger partial charge in [-0.3, -0.25) is 4.98 Å². The lowest BCUT2D eigenvalue weighted by Gasteiger charge is -2.32. The van der Waals surface area contributed by atoms with Crippen LogP contribution in [0.3, 0.4) is 0 Å². The van der Waals surface area contributed by atoms with Crippen LogP contribution in [-0.4, -0.2) is 29.5 Å². The predicted octanol–water partition coefficient (Wildman–Crippen LogP) is 2.66. The maximum absolute atomic E-state index is 7.54. The first kappa shape index (κ1) is 14.7. The highest BCUT2D eigenvalue weighted by Crippen LogP contribution is 2.38. The third-order valence-electron chi connectivity index (χ3n) is 3.78. The van der Waals surface area contributed by atoms with Gasteiger partial charge in [0.15, 0.2) is 0 Å². The molecule has 2 heterocycles. The maximum Gasteiger partial charge on any atom is 0.497 e. The van der Waals surface area contributed by atoms with Gasteiger partial charge in [0.05, 0.1) is 11.2 Å². The minimum Gasteiger partial charge on any atom is -0.399 e. The monoisotopic (exact) mass is 273 g/mol. The molecule has 1 fully saturated rings. The highest BCUT2D eigenvalue weighted by atomic mass is 16.7. The molecule has 2 rings (SSSR count). The Morgan fingerprint density at radius 1 is 1.20 bits per heavy atom. The van der Waals surface area contributed by atoms with Crippen molar-refractivity contribution in [3.05, 3.63) is 36.2 Å². The van der Waals surface area contributed by atoms with E-state index in [-0.39, 0.29) is 0 Å². The number of aromatic nitrogens is 1. The van der Waals surface area contributed by atoms with Crippen molar-refractivity contribution < 1.29 is 9.31 Å². The first-order valence-electron chi connectivity index (χ1n) is 6.58. The van der Waals surface area contributed by atoms with E-state index < -0.39 is 18.3 Å². The minimum atomic E-state index is -0.535. The molecule has 2 N–H and O–H groups in total. The van der Waals surface area contributed by atoms with Crippen LogP contribution in [0.25, 0.3) is 0 Å². The summed E-state index contributed by atoms with van der Waals surface area (Å²) in [5.41, 5.74) is 0.726. The van der Waals surface area contributed by atoms with Crippen LogP contribution < -0.4 is 5.32 Å². The smallest absolute Gasteiger partial charge is 0.399 e. The van der Waals surface area contributed by atoms with Gasteiger partial charge in [-0.1, -0.05) is 0 Å². The van der Waals surface area contributed by atoms with Gasteiger partial charge in [-0.2, -0.15) is 0 Å². The van der Waals surface area contributed by atoms with Crippen LogP contribution in [0.15, 0.2) is 36.2 Å². The number of pyridine rings is 1. The second-order valence-electron chi connectivity index (χ2n) is 5.76. The lowest BCUT2D eigenvalue weighted by molar-refractivity contribution is 0.00578. The summed E-state index contributed by atoms with van der Waals surface area (Å²) in [4.78, 5) is 3.95. The molecule has 0 amide bonds. The minimum absolute atomic E-state index is 0.406. The number of nitrogens with one attached hydrogen (secondary N) is 2. The Morgan fingerprint density at radius 2 is 1.75 bits per heavy atom. The zero-order chi connectivity index (χ0) is 14.8. The summed E-state index contributed by atoms with van der Waals surface area (Å²) in [6, 6.07) is 3.70. The van der Waals surface area contributed by atoms with Crippen molar-refractivity contribution in [1.29, 1.82) is 5.41 Å². The van der Waals surface area contributed by atoms with Gasteiger partial charge in [0.1, 0.15) is 0 Å². The van der Waals surface area contributed by atoms with Gasteiger partial charge in [-0.25, -0.2) is 0 Å². The Balaban J connectivity index is 2.12. The summed E-state index contributed by atoms with van der Waals surface area (Å²) in [6.07, 6.45) is 6.38. The molecule has 106 valence electrons. The van der Waals surface area contributed by atoms with Gasteiger partial charge in [0.2, 0.25) is 0 Å². The van der Waals surface area contributed by atoms with Crippen LogP contribution in [0.5, 0.6) is 0 Å². The van der Waals surface area contributed by atoms with Crippen molar-refractivity contribution in [2.24, 2.45) is 0 Å². The molecule has 0 radical (unpaired) electrons. The van der Waals surface area contributed by atoms with Crippen LogP contribution in [0.4, 0.5) is 5.69 Å². The first-order chi connectivity index (χ1) is 9.36. The van der Waals surface area contributed by atoms with E-state index >= 15 is 0 Å². The van der Waals surface area contributed by atoms with Gasteiger partial charge >= 0.3 is 7.12 Å². The molecule has 0 bridgehead atoms. The van der Waals surface area contributed by atoms with Gasteiger partial charge in [0.25, 0.3) is 0 Å². The molecule has 1 aromatic heterocycles. The summed E-state index contributed by atoms with van der Waals surface area (Å²) < 4.78 is 11.8. The average Bonchev–Trinajstić information content (AvgIpc) is 2.60. The van der Waals surface area contributed by atoms with Crippen molar-refractivity contribution in [1.82, 2.24) is 4.98 Å². The van der Waals surface area contributed by atoms with E-state index in [1.165, 1.54) is 6.21 Å². The van der Waals surface area contributed by atoms with E-state index in [0.29, 0.717) is 5.47 Å². The third-order valence-corrected chi connectivity index (χ3v) is 3.78. The number of hydrogen-bond donors (Lipinski definition) is 2.